The first-order chi connectivity index (χ1) is 16.5. The van der Waals surface area contributed by atoms with Crippen molar-refractivity contribution in [2.75, 3.05) is 13.1 Å². The van der Waals surface area contributed by atoms with Crippen molar-refractivity contribution in [3.63, 3.8) is 0 Å². The highest BCUT2D eigenvalue weighted by Gasteiger charge is 2.18. The van der Waals surface area contributed by atoms with Gasteiger partial charge in [0, 0.05) is 43.3 Å². The zero-order chi connectivity index (χ0) is 23.5. The SMILES string of the molecule is N[C@H]1CCCN(Cc2ccc3c(c2)CCC(n2ccc(OCc4ccc(Cl)cn4)cc2=O)=C3)C1. The molecule has 0 amide bonds. The molecule has 1 atom stereocenters. The van der Waals surface area contributed by atoms with Crippen molar-refractivity contribution >= 4 is 23.4 Å². The highest BCUT2D eigenvalue weighted by Crippen LogP contribution is 2.28. The van der Waals surface area contributed by atoms with E-state index >= 15 is 0 Å². The van der Waals surface area contributed by atoms with Crippen LogP contribution in [0.2, 0.25) is 5.02 Å². The Bertz CT molecular complexity index is 1250. The van der Waals surface area contributed by atoms with Gasteiger partial charge in [0.1, 0.15) is 12.4 Å². The first-order valence-corrected chi connectivity index (χ1v) is 12.2. The zero-order valence-electron chi connectivity index (χ0n) is 19.1. The normalized spacial score (nSPS) is 18.3. The number of benzene rings is 1. The molecule has 2 aromatic heterocycles. The highest BCUT2D eigenvalue weighted by atomic mass is 35.5. The Morgan fingerprint density at radius 3 is 2.85 bits per heavy atom. The van der Waals surface area contributed by atoms with E-state index in [0.717, 1.165) is 50.3 Å². The van der Waals surface area contributed by atoms with E-state index in [-0.39, 0.29) is 12.2 Å². The van der Waals surface area contributed by atoms with E-state index in [2.05, 4.69) is 34.2 Å². The van der Waals surface area contributed by atoms with E-state index in [1.165, 1.54) is 29.2 Å². The Balaban J connectivity index is 1.27. The summed E-state index contributed by atoms with van der Waals surface area (Å²) in [5, 5.41) is 0.580. The van der Waals surface area contributed by atoms with E-state index in [1.807, 2.05) is 6.07 Å². The maximum absolute atomic E-state index is 12.8. The van der Waals surface area contributed by atoms with E-state index in [9.17, 15) is 4.79 Å². The Morgan fingerprint density at radius 1 is 1.15 bits per heavy atom. The third-order valence-electron chi connectivity index (χ3n) is 6.50. The second-order valence-electron chi connectivity index (χ2n) is 9.13. The van der Waals surface area contributed by atoms with Gasteiger partial charge in [0.15, 0.2) is 0 Å². The Kier molecular flexibility index (Phi) is 6.81. The average molecular weight is 477 g/mol. The average Bonchev–Trinajstić information content (AvgIpc) is 2.83. The first-order valence-electron chi connectivity index (χ1n) is 11.8. The summed E-state index contributed by atoms with van der Waals surface area (Å²) >= 11 is 5.87. The van der Waals surface area contributed by atoms with Gasteiger partial charge in [0.05, 0.1) is 10.7 Å². The van der Waals surface area contributed by atoms with E-state index in [0.29, 0.717) is 16.8 Å². The van der Waals surface area contributed by atoms with Gasteiger partial charge in [-0.1, -0.05) is 29.8 Å². The van der Waals surface area contributed by atoms with Crippen LogP contribution in [0.5, 0.6) is 5.75 Å². The number of nitrogens with two attached hydrogens (primary N) is 1. The highest BCUT2D eigenvalue weighted by molar-refractivity contribution is 6.30. The number of ether oxygens (including phenoxy) is 1. The Hall–Kier alpha value is -2.93. The number of pyridine rings is 2. The minimum Gasteiger partial charge on any atom is -0.487 e. The van der Waals surface area contributed by atoms with Crippen molar-refractivity contribution in [1.82, 2.24) is 14.5 Å². The molecule has 0 spiro atoms. The van der Waals surface area contributed by atoms with Crippen LogP contribution in [0.4, 0.5) is 0 Å². The molecule has 0 bridgehead atoms. The van der Waals surface area contributed by atoms with Gasteiger partial charge in [-0.15, -0.1) is 0 Å². The lowest BCUT2D eigenvalue weighted by Crippen LogP contribution is -2.42. The van der Waals surface area contributed by atoms with E-state index < -0.39 is 0 Å². The summed E-state index contributed by atoms with van der Waals surface area (Å²) in [6.07, 6.45) is 9.53. The lowest BCUT2D eigenvalue weighted by atomic mass is 9.93. The number of hydrogen-bond acceptors (Lipinski definition) is 5. The maximum atomic E-state index is 12.8. The monoisotopic (exact) mass is 476 g/mol. The van der Waals surface area contributed by atoms with Gasteiger partial charge in [-0.3, -0.25) is 19.2 Å². The Morgan fingerprint density at radius 2 is 2.06 bits per heavy atom. The van der Waals surface area contributed by atoms with E-state index in [4.69, 9.17) is 22.1 Å². The van der Waals surface area contributed by atoms with Crippen molar-refractivity contribution in [3.8, 4) is 5.75 Å². The van der Waals surface area contributed by atoms with Gasteiger partial charge >= 0.3 is 0 Å². The first kappa shape index (κ1) is 22.8. The minimum absolute atomic E-state index is 0.102. The van der Waals surface area contributed by atoms with Crippen LogP contribution in [0.1, 0.15) is 41.6 Å². The summed E-state index contributed by atoms with van der Waals surface area (Å²) in [6.45, 7) is 3.32. The lowest BCUT2D eigenvalue weighted by molar-refractivity contribution is 0.201. The largest absolute Gasteiger partial charge is 0.487 e. The van der Waals surface area contributed by atoms with Crippen LogP contribution >= 0.6 is 11.6 Å². The number of hydrogen-bond donors (Lipinski definition) is 1. The standard InChI is InChI=1S/C27H29ClN4O2/c28-22-6-7-24(30-15-22)18-34-26-9-11-32(27(33)14-26)25-8-5-20-12-19(3-4-21(20)13-25)16-31-10-1-2-23(29)17-31/h3-4,6-7,9,11-15,23H,1-2,5,8,10,16-18,29H2/t23-/m0/s1. The number of allylic oxidation sites excluding steroid dienone is 1. The summed E-state index contributed by atoms with van der Waals surface area (Å²) in [5.41, 5.74) is 11.6. The van der Waals surface area contributed by atoms with Crippen molar-refractivity contribution in [3.05, 3.63) is 92.6 Å². The third-order valence-corrected chi connectivity index (χ3v) is 6.73. The number of piperidine rings is 1. The van der Waals surface area contributed by atoms with Gasteiger partial charge < -0.3 is 10.5 Å². The molecule has 0 saturated carbocycles. The topological polar surface area (TPSA) is 73.4 Å². The molecule has 1 aliphatic heterocycles. The van der Waals surface area contributed by atoms with Crippen molar-refractivity contribution < 1.29 is 4.74 Å². The smallest absolute Gasteiger partial charge is 0.258 e. The zero-order valence-corrected chi connectivity index (χ0v) is 19.9. The van der Waals surface area contributed by atoms with Gasteiger partial charge in [-0.25, -0.2) is 0 Å². The molecule has 2 N–H and O–H groups in total. The second-order valence-corrected chi connectivity index (χ2v) is 9.57. The van der Waals surface area contributed by atoms with Crippen LogP contribution in [0.25, 0.3) is 11.8 Å². The van der Waals surface area contributed by atoms with Crippen LogP contribution in [0, 0.1) is 0 Å². The van der Waals surface area contributed by atoms with Crippen LogP contribution in [-0.2, 0) is 19.6 Å². The minimum atomic E-state index is -0.102. The van der Waals surface area contributed by atoms with Gasteiger partial charge in [-0.2, -0.15) is 0 Å². The predicted molar refractivity (Wildman–Crippen MR) is 136 cm³/mol. The molecule has 1 fully saturated rings. The molecule has 176 valence electrons. The van der Waals surface area contributed by atoms with Gasteiger partial charge in [0.2, 0.25) is 0 Å². The van der Waals surface area contributed by atoms with Gasteiger partial charge in [0.25, 0.3) is 5.56 Å². The fraction of sp³-hybridized carbons (Fsp3) is 0.333. The Labute approximate surface area is 204 Å². The number of aromatic nitrogens is 2. The molecule has 1 aromatic carbocycles. The van der Waals surface area contributed by atoms with E-state index in [1.54, 1.807) is 29.1 Å². The van der Waals surface area contributed by atoms with Crippen LogP contribution in [0.15, 0.2) is 59.7 Å². The molecule has 0 unspecified atom stereocenters. The molecule has 6 nitrogen and oxygen atoms in total. The maximum Gasteiger partial charge on any atom is 0.258 e. The predicted octanol–water partition coefficient (Wildman–Crippen LogP) is 4.34. The van der Waals surface area contributed by atoms with Crippen molar-refractivity contribution in [2.24, 2.45) is 5.73 Å². The number of fused-ring (bicyclic) bond motifs is 1. The molecule has 2 aliphatic rings. The summed E-state index contributed by atoms with van der Waals surface area (Å²) in [5.74, 6) is 0.525. The quantitative estimate of drug-likeness (QED) is 0.572. The number of halogens is 1. The summed E-state index contributed by atoms with van der Waals surface area (Å²) in [7, 11) is 0. The molecule has 0 radical (unpaired) electrons. The fourth-order valence-corrected chi connectivity index (χ4v) is 4.86. The molecule has 1 aliphatic carbocycles. The number of aryl methyl sites for hydroxylation is 1. The van der Waals surface area contributed by atoms with Crippen molar-refractivity contribution in [1.29, 1.82) is 0 Å². The summed E-state index contributed by atoms with van der Waals surface area (Å²) in [6, 6.07) is 13.9. The second kappa shape index (κ2) is 10.1. The molecule has 34 heavy (non-hydrogen) atoms. The fourth-order valence-electron chi connectivity index (χ4n) is 4.75. The summed E-state index contributed by atoms with van der Waals surface area (Å²) in [4.78, 5) is 19.5. The number of rotatable bonds is 6. The molecule has 5 rings (SSSR count). The molecular weight excluding hydrogens is 448 g/mol. The van der Waals surface area contributed by atoms with Crippen LogP contribution in [0.3, 0.4) is 0 Å². The van der Waals surface area contributed by atoms with Crippen LogP contribution < -0.4 is 16.0 Å². The van der Waals surface area contributed by atoms with Crippen LogP contribution in [-0.4, -0.2) is 33.6 Å². The lowest BCUT2D eigenvalue weighted by Gasteiger charge is -2.31. The molecule has 3 aromatic rings. The third kappa shape index (κ3) is 5.41. The molecular formula is C27H29ClN4O2. The summed E-state index contributed by atoms with van der Waals surface area (Å²) < 4.78 is 7.45. The molecule has 7 heteroatoms. The number of nitrogens with zero attached hydrogens (tertiary/aromatic N) is 3. The number of likely N-dealkylation sites (tertiary alicyclic amines) is 1. The van der Waals surface area contributed by atoms with Crippen molar-refractivity contribution in [2.45, 2.75) is 44.9 Å². The molecule has 1 saturated heterocycles. The molecule has 3 heterocycles. The van der Waals surface area contributed by atoms with Gasteiger partial charge in [-0.05, 0) is 73.2 Å².